The Labute approximate surface area is 245 Å². The molecule has 0 bridgehead atoms. The average Bonchev–Trinajstić information content (AvgIpc) is 3.42. The Hall–Kier alpha value is -2.70. The average molecular weight is 569 g/mol. The van der Waals surface area contributed by atoms with Crippen LogP contribution < -0.4 is 36.5 Å². The number of rotatable bonds is 15. The first-order valence-electron chi connectivity index (χ1n) is 15.1. The Morgan fingerprint density at radius 1 is 0.925 bits per heavy atom. The van der Waals surface area contributed by atoms with Gasteiger partial charge in [-0.2, -0.15) is 4.57 Å². The molecule has 2 aliphatic heterocycles. The van der Waals surface area contributed by atoms with Crippen LogP contribution in [0.1, 0.15) is 82.3 Å². The molecule has 3 aromatic rings. The summed E-state index contributed by atoms with van der Waals surface area (Å²) in [5, 5.41) is 15.4. The molecule has 0 saturated heterocycles. The van der Waals surface area contributed by atoms with Crippen molar-refractivity contribution < 1.29 is 36.3 Å². The predicted molar refractivity (Wildman–Crippen MR) is 157 cm³/mol. The minimum Gasteiger partial charge on any atom is -1.00 e. The number of hydrogen-bond acceptors (Lipinski definition) is 5. The highest BCUT2D eigenvalue weighted by atomic mass is 35.5. The highest BCUT2D eigenvalue weighted by Gasteiger charge is 2.32. The monoisotopic (exact) mass is 568 g/mol. The lowest BCUT2D eigenvalue weighted by Gasteiger charge is -2.21. The zero-order valence-corrected chi connectivity index (χ0v) is 25.0. The highest BCUT2D eigenvalue weighted by Crippen LogP contribution is 2.43. The molecule has 40 heavy (non-hydrogen) atoms. The quantitative estimate of drug-likeness (QED) is 0.215. The fourth-order valence-corrected chi connectivity index (χ4v) is 6.24. The number of aromatic nitrogens is 1. The first-order chi connectivity index (χ1) is 19.2. The molecule has 7 heteroatoms. The van der Waals surface area contributed by atoms with Gasteiger partial charge in [0.1, 0.15) is 5.75 Å². The number of nitrogens with one attached hydrogen (secondary N) is 1. The number of hydrogen-bond donors (Lipinski definition) is 2. The molecular weight excluding hydrogens is 524 g/mol. The van der Waals surface area contributed by atoms with Crippen LogP contribution in [0.2, 0.25) is 0 Å². The van der Waals surface area contributed by atoms with Crippen LogP contribution in [0.15, 0.2) is 30.5 Å². The Morgan fingerprint density at radius 3 is 2.33 bits per heavy atom. The standard InChI is InChI=1S/C33H44N2O4.ClH/c1-3-4-5-6-7-8-9-10-11-12-13-26-25-14-15-29(37-2)32(34-17-19-36)28(25)22-35-18-16-24-20-30-31(39-23-38-30)21-27(24)33(26)35;/h14-15,20-22,36H,3-13,16-19,23H2,1-2H3;1H. The number of aryl methyl sites for hydroxylation is 3. The molecular formula is C33H45ClN2O4. The first-order valence-corrected chi connectivity index (χ1v) is 15.1. The molecule has 0 aliphatic carbocycles. The van der Waals surface area contributed by atoms with Crippen molar-refractivity contribution in [2.75, 3.05) is 32.4 Å². The van der Waals surface area contributed by atoms with Crippen molar-refractivity contribution in [3.05, 3.63) is 41.6 Å². The van der Waals surface area contributed by atoms with Crippen molar-refractivity contribution in [2.45, 2.75) is 90.5 Å². The lowest BCUT2D eigenvalue weighted by Crippen LogP contribution is -3.00. The van der Waals surface area contributed by atoms with E-state index in [0.717, 1.165) is 47.7 Å². The van der Waals surface area contributed by atoms with Gasteiger partial charge in [-0.3, -0.25) is 0 Å². The van der Waals surface area contributed by atoms with Gasteiger partial charge in [0, 0.05) is 18.5 Å². The predicted octanol–water partition coefficient (Wildman–Crippen LogP) is 3.96. The molecule has 0 atom stereocenters. The third kappa shape index (κ3) is 6.60. The minimum absolute atomic E-state index is 0. The van der Waals surface area contributed by atoms with E-state index < -0.39 is 0 Å². The van der Waals surface area contributed by atoms with Crippen LogP contribution in [0.4, 0.5) is 5.69 Å². The summed E-state index contributed by atoms with van der Waals surface area (Å²) in [4.78, 5) is 0. The molecule has 0 spiro atoms. The lowest BCUT2D eigenvalue weighted by molar-refractivity contribution is -0.686. The molecule has 0 fully saturated rings. The largest absolute Gasteiger partial charge is 1.00 e. The molecule has 2 aliphatic rings. The zero-order valence-electron chi connectivity index (χ0n) is 24.2. The molecule has 0 unspecified atom stereocenters. The Kier molecular flexibility index (Phi) is 11.2. The molecule has 1 aromatic heterocycles. The van der Waals surface area contributed by atoms with Gasteiger partial charge in [-0.05, 0) is 48.1 Å². The van der Waals surface area contributed by atoms with Crippen molar-refractivity contribution in [3.63, 3.8) is 0 Å². The van der Waals surface area contributed by atoms with Crippen LogP contribution in [0.3, 0.4) is 0 Å². The van der Waals surface area contributed by atoms with Gasteiger partial charge in [0.2, 0.25) is 12.5 Å². The van der Waals surface area contributed by atoms with E-state index >= 15 is 0 Å². The van der Waals surface area contributed by atoms with E-state index in [1.165, 1.54) is 92.0 Å². The maximum absolute atomic E-state index is 9.52. The highest BCUT2D eigenvalue weighted by molar-refractivity contribution is 6.00. The number of fused-ring (bicyclic) bond motifs is 5. The molecule has 2 aromatic carbocycles. The summed E-state index contributed by atoms with van der Waals surface area (Å²) in [7, 11) is 1.71. The number of benzene rings is 2. The fraction of sp³-hybridized carbons (Fsp3) is 0.545. The maximum Gasteiger partial charge on any atom is 0.231 e. The lowest BCUT2D eigenvalue weighted by atomic mass is 9.89. The number of nitrogens with zero attached hydrogens (tertiary/aromatic N) is 1. The maximum atomic E-state index is 9.52. The number of anilines is 1. The smallest absolute Gasteiger partial charge is 0.231 e. The van der Waals surface area contributed by atoms with Crippen molar-refractivity contribution in [1.82, 2.24) is 0 Å². The topological polar surface area (TPSA) is 63.8 Å². The van der Waals surface area contributed by atoms with Crippen LogP contribution in [-0.4, -0.2) is 32.2 Å². The van der Waals surface area contributed by atoms with Gasteiger partial charge >= 0.3 is 0 Å². The zero-order chi connectivity index (χ0) is 27.0. The van der Waals surface area contributed by atoms with E-state index in [-0.39, 0.29) is 19.0 Å². The second-order valence-corrected chi connectivity index (χ2v) is 10.9. The number of pyridine rings is 1. The van der Waals surface area contributed by atoms with Crippen LogP contribution in [0.5, 0.6) is 17.2 Å². The first kappa shape index (κ1) is 30.3. The second-order valence-electron chi connectivity index (χ2n) is 10.9. The van der Waals surface area contributed by atoms with Gasteiger partial charge in [0.05, 0.1) is 30.4 Å². The van der Waals surface area contributed by atoms with Gasteiger partial charge in [0.25, 0.3) is 0 Å². The molecule has 0 saturated carbocycles. The summed E-state index contributed by atoms with van der Waals surface area (Å²) >= 11 is 0. The van der Waals surface area contributed by atoms with E-state index in [1.807, 2.05) is 0 Å². The van der Waals surface area contributed by atoms with E-state index in [2.05, 4.69) is 47.3 Å². The van der Waals surface area contributed by atoms with Crippen LogP contribution in [-0.2, 0) is 19.4 Å². The number of aliphatic hydroxyl groups excluding tert-OH is 1. The molecule has 0 radical (unpaired) electrons. The third-order valence-corrected chi connectivity index (χ3v) is 8.28. The van der Waals surface area contributed by atoms with E-state index in [4.69, 9.17) is 14.2 Å². The molecule has 5 rings (SSSR count). The number of methoxy groups -OCH3 is 1. The fourth-order valence-electron chi connectivity index (χ4n) is 6.24. The van der Waals surface area contributed by atoms with Crippen molar-refractivity contribution in [2.24, 2.45) is 0 Å². The summed E-state index contributed by atoms with van der Waals surface area (Å²) in [6.07, 6.45) is 17.5. The summed E-state index contributed by atoms with van der Waals surface area (Å²) in [6.45, 7) is 4.05. The minimum atomic E-state index is 0. The van der Waals surface area contributed by atoms with Crippen molar-refractivity contribution in [1.29, 1.82) is 0 Å². The Morgan fingerprint density at radius 2 is 1.62 bits per heavy atom. The number of ether oxygens (including phenoxy) is 3. The molecule has 6 nitrogen and oxygen atoms in total. The normalized spacial score (nSPS) is 13.1. The third-order valence-electron chi connectivity index (χ3n) is 8.28. The van der Waals surface area contributed by atoms with E-state index in [9.17, 15) is 5.11 Å². The molecule has 0 amide bonds. The van der Waals surface area contributed by atoms with Crippen LogP contribution in [0.25, 0.3) is 22.0 Å². The number of unbranched alkanes of at least 4 members (excludes halogenated alkanes) is 9. The van der Waals surface area contributed by atoms with Crippen molar-refractivity contribution >= 4 is 16.5 Å². The van der Waals surface area contributed by atoms with Gasteiger partial charge in [-0.25, -0.2) is 0 Å². The Balaban J connectivity index is 0.00000370. The molecule has 3 heterocycles. The molecule has 2 N–H and O–H groups in total. The summed E-state index contributed by atoms with van der Waals surface area (Å²) in [5.74, 6) is 2.51. The number of halogens is 1. The van der Waals surface area contributed by atoms with Gasteiger partial charge < -0.3 is 37.0 Å². The summed E-state index contributed by atoms with van der Waals surface area (Å²) in [5.41, 5.74) is 6.24. The van der Waals surface area contributed by atoms with Gasteiger partial charge in [-0.1, -0.05) is 64.7 Å². The summed E-state index contributed by atoms with van der Waals surface area (Å²) in [6, 6.07) is 8.64. The number of aliphatic hydroxyl groups is 1. The van der Waals surface area contributed by atoms with E-state index in [0.29, 0.717) is 13.3 Å². The van der Waals surface area contributed by atoms with Gasteiger partial charge in [-0.15, -0.1) is 0 Å². The SMILES string of the molecule is CCCCCCCCCCCCc1c2[n+](cc3c(NCCO)c(OC)ccc13)CCc1cc3c(cc1-2)OCO3.[Cl-]. The molecule has 218 valence electrons. The van der Waals surface area contributed by atoms with E-state index in [1.54, 1.807) is 7.11 Å². The van der Waals surface area contributed by atoms with Crippen LogP contribution in [0, 0.1) is 0 Å². The Bertz CT molecular complexity index is 1280. The summed E-state index contributed by atoms with van der Waals surface area (Å²) < 4.78 is 19.6. The van der Waals surface area contributed by atoms with Crippen LogP contribution >= 0.6 is 0 Å². The van der Waals surface area contributed by atoms with Crippen molar-refractivity contribution in [3.8, 4) is 28.5 Å². The second kappa shape index (κ2) is 14.8. The van der Waals surface area contributed by atoms with Gasteiger partial charge in [0.15, 0.2) is 24.2 Å².